The summed E-state index contributed by atoms with van der Waals surface area (Å²) in [6.07, 6.45) is 4.67. The number of hydrogen-bond donors (Lipinski definition) is 1. The SMILES string of the molecule is CC(CC(O)C1(C#N)CC2CCC1C2)c1ccccc1. The van der Waals surface area contributed by atoms with E-state index in [1.54, 1.807) is 0 Å². The predicted octanol–water partition coefficient (Wildman–Crippen LogP) is 3.87. The quantitative estimate of drug-likeness (QED) is 0.901. The molecule has 1 aromatic rings. The van der Waals surface area contributed by atoms with Crippen LogP contribution in [0.25, 0.3) is 0 Å². The van der Waals surface area contributed by atoms with E-state index in [0.29, 0.717) is 24.2 Å². The normalized spacial score (nSPS) is 34.6. The van der Waals surface area contributed by atoms with Gasteiger partial charge in [-0.05, 0) is 49.0 Å². The second-order valence-electron chi connectivity index (χ2n) is 6.80. The Morgan fingerprint density at radius 1 is 1.35 bits per heavy atom. The second-order valence-corrected chi connectivity index (χ2v) is 6.80. The van der Waals surface area contributed by atoms with Gasteiger partial charge in [-0.15, -0.1) is 0 Å². The molecule has 0 radical (unpaired) electrons. The number of hydrogen-bond acceptors (Lipinski definition) is 2. The van der Waals surface area contributed by atoms with Crippen molar-refractivity contribution in [3.05, 3.63) is 35.9 Å². The van der Waals surface area contributed by atoms with Crippen LogP contribution in [0.4, 0.5) is 0 Å². The summed E-state index contributed by atoms with van der Waals surface area (Å²) in [6.45, 7) is 2.15. The summed E-state index contributed by atoms with van der Waals surface area (Å²) in [5.41, 5.74) is 0.786. The maximum atomic E-state index is 10.7. The number of aliphatic hydroxyl groups is 1. The molecule has 2 fully saturated rings. The van der Waals surface area contributed by atoms with Crippen LogP contribution in [0.5, 0.6) is 0 Å². The van der Waals surface area contributed by atoms with Crippen molar-refractivity contribution in [2.45, 2.75) is 51.0 Å². The number of aliphatic hydroxyl groups excluding tert-OH is 1. The first-order valence-electron chi connectivity index (χ1n) is 7.80. The number of benzene rings is 1. The summed E-state index contributed by atoms with van der Waals surface area (Å²) in [5.74, 6) is 1.41. The van der Waals surface area contributed by atoms with E-state index in [4.69, 9.17) is 0 Å². The summed E-state index contributed by atoms with van der Waals surface area (Å²) in [4.78, 5) is 0. The molecule has 1 aromatic carbocycles. The van der Waals surface area contributed by atoms with E-state index in [1.165, 1.54) is 12.0 Å². The van der Waals surface area contributed by atoms with E-state index in [1.807, 2.05) is 18.2 Å². The lowest BCUT2D eigenvalue weighted by molar-refractivity contribution is 0.0149. The van der Waals surface area contributed by atoms with Crippen molar-refractivity contribution in [1.29, 1.82) is 5.26 Å². The first kappa shape index (κ1) is 13.6. The van der Waals surface area contributed by atoms with Crippen LogP contribution in [0.2, 0.25) is 0 Å². The lowest BCUT2D eigenvalue weighted by Gasteiger charge is -2.36. The largest absolute Gasteiger partial charge is 0.391 e. The van der Waals surface area contributed by atoms with Gasteiger partial charge in [0.15, 0.2) is 0 Å². The smallest absolute Gasteiger partial charge is 0.0863 e. The Bertz CT molecular complexity index is 506. The minimum absolute atomic E-state index is 0.301. The number of fused-ring (bicyclic) bond motifs is 2. The summed E-state index contributed by atoms with van der Waals surface area (Å²) in [5, 5.41) is 20.4. The van der Waals surface area contributed by atoms with Gasteiger partial charge >= 0.3 is 0 Å². The molecule has 3 rings (SSSR count). The van der Waals surface area contributed by atoms with Crippen molar-refractivity contribution >= 4 is 0 Å². The number of nitriles is 1. The average Bonchev–Trinajstić information content (AvgIpc) is 3.09. The highest BCUT2D eigenvalue weighted by Gasteiger charge is 2.55. The number of rotatable bonds is 4. The molecular weight excluding hydrogens is 246 g/mol. The van der Waals surface area contributed by atoms with Crippen molar-refractivity contribution < 1.29 is 5.11 Å². The lowest BCUT2D eigenvalue weighted by Crippen LogP contribution is -2.39. The van der Waals surface area contributed by atoms with E-state index < -0.39 is 11.5 Å². The van der Waals surface area contributed by atoms with Crippen molar-refractivity contribution in [3.63, 3.8) is 0 Å². The molecule has 2 nitrogen and oxygen atoms in total. The van der Waals surface area contributed by atoms with E-state index in [-0.39, 0.29) is 0 Å². The molecule has 0 aliphatic heterocycles. The molecule has 2 bridgehead atoms. The van der Waals surface area contributed by atoms with Crippen LogP contribution in [0.1, 0.15) is 50.5 Å². The molecule has 5 unspecified atom stereocenters. The third kappa shape index (κ3) is 2.15. The Hall–Kier alpha value is -1.33. The Kier molecular flexibility index (Phi) is 3.56. The first-order chi connectivity index (χ1) is 9.65. The van der Waals surface area contributed by atoms with Gasteiger partial charge in [-0.3, -0.25) is 0 Å². The maximum absolute atomic E-state index is 10.7. The zero-order valence-electron chi connectivity index (χ0n) is 12.1. The fraction of sp³-hybridized carbons (Fsp3) is 0.611. The highest BCUT2D eigenvalue weighted by atomic mass is 16.3. The molecule has 0 aromatic heterocycles. The van der Waals surface area contributed by atoms with Crippen molar-refractivity contribution in [3.8, 4) is 6.07 Å². The predicted molar refractivity (Wildman–Crippen MR) is 79.0 cm³/mol. The van der Waals surface area contributed by atoms with Crippen LogP contribution >= 0.6 is 0 Å². The van der Waals surface area contributed by atoms with Gasteiger partial charge in [0.2, 0.25) is 0 Å². The zero-order chi connectivity index (χ0) is 14.2. The molecule has 2 saturated carbocycles. The van der Waals surface area contributed by atoms with E-state index >= 15 is 0 Å². The zero-order valence-corrected chi connectivity index (χ0v) is 12.1. The fourth-order valence-electron chi connectivity index (χ4n) is 4.45. The maximum Gasteiger partial charge on any atom is 0.0863 e. The van der Waals surface area contributed by atoms with Crippen LogP contribution in [-0.2, 0) is 0 Å². The van der Waals surface area contributed by atoms with Crippen LogP contribution in [0.15, 0.2) is 30.3 Å². The molecule has 5 atom stereocenters. The molecule has 0 amide bonds. The molecule has 0 saturated heterocycles. The summed E-state index contributed by atoms with van der Waals surface area (Å²) >= 11 is 0. The Morgan fingerprint density at radius 3 is 2.65 bits per heavy atom. The van der Waals surface area contributed by atoms with Gasteiger partial charge in [-0.2, -0.15) is 5.26 Å². The molecule has 0 spiro atoms. The van der Waals surface area contributed by atoms with Crippen LogP contribution in [0, 0.1) is 28.6 Å². The molecule has 1 N–H and O–H groups in total. The van der Waals surface area contributed by atoms with Gasteiger partial charge in [-0.25, -0.2) is 0 Å². The highest BCUT2D eigenvalue weighted by molar-refractivity contribution is 5.21. The second kappa shape index (κ2) is 5.22. The molecular formula is C18H23NO. The molecule has 2 heteroatoms. The topological polar surface area (TPSA) is 44.0 Å². The highest BCUT2D eigenvalue weighted by Crippen LogP contribution is 2.58. The minimum atomic E-state index is -0.488. The first-order valence-corrected chi connectivity index (χ1v) is 7.80. The van der Waals surface area contributed by atoms with E-state index in [2.05, 4.69) is 25.1 Å². The van der Waals surface area contributed by atoms with E-state index in [9.17, 15) is 10.4 Å². The molecule has 0 heterocycles. The molecule has 2 aliphatic carbocycles. The van der Waals surface area contributed by atoms with E-state index in [0.717, 1.165) is 19.3 Å². The fourth-order valence-corrected chi connectivity index (χ4v) is 4.45. The molecule has 2 aliphatic rings. The minimum Gasteiger partial charge on any atom is -0.391 e. The summed E-state index contributed by atoms with van der Waals surface area (Å²) < 4.78 is 0. The molecule has 106 valence electrons. The Balaban J connectivity index is 1.73. The monoisotopic (exact) mass is 269 g/mol. The van der Waals surface area contributed by atoms with Crippen molar-refractivity contribution in [2.24, 2.45) is 17.3 Å². The lowest BCUT2D eigenvalue weighted by atomic mass is 9.68. The van der Waals surface area contributed by atoms with Gasteiger partial charge in [0, 0.05) is 0 Å². The van der Waals surface area contributed by atoms with Crippen LogP contribution in [0.3, 0.4) is 0 Å². The van der Waals surface area contributed by atoms with Gasteiger partial charge in [0.1, 0.15) is 0 Å². The van der Waals surface area contributed by atoms with Crippen molar-refractivity contribution in [1.82, 2.24) is 0 Å². The summed E-state index contributed by atoms with van der Waals surface area (Å²) in [7, 11) is 0. The summed E-state index contributed by atoms with van der Waals surface area (Å²) in [6, 6.07) is 12.8. The standard InChI is InChI=1S/C18H23NO/c1-13(15-5-3-2-4-6-15)9-17(20)18(12-19)11-14-7-8-16(18)10-14/h2-6,13-14,16-17,20H,7-11H2,1H3. The van der Waals surface area contributed by atoms with Gasteiger partial charge < -0.3 is 5.11 Å². The van der Waals surface area contributed by atoms with Crippen molar-refractivity contribution in [2.75, 3.05) is 0 Å². The van der Waals surface area contributed by atoms with Gasteiger partial charge in [0.05, 0.1) is 17.6 Å². The van der Waals surface area contributed by atoms with Gasteiger partial charge in [-0.1, -0.05) is 43.7 Å². The van der Waals surface area contributed by atoms with Crippen LogP contribution in [-0.4, -0.2) is 11.2 Å². The molecule has 20 heavy (non-hydrogen) atoms. The average molecular weight is 269 g/mol. The van der Waals surface area contributed by atoms with Gasteiger partial charge in [0.25, 0.3) is 0 Å². The van der Waals surface area contributed by atoms with Crippen LogP contribution < -0.4 is 0 Å². The number of nitrogens with zero attached hydrogens (tertiary/aromatic N) is 1. The Labute approximate surface area is 121 Å². The third-order valence-corrected chi connectivity index (χ3v) is 5.64. The third-order valence-electron chi connectivity index (χ3n) is 5.64. The Morgan fingerprint density at radius 2 is 2.10 bits per heavy atom.